The predicted molar refractivity (Wildman–Crippen MR) is 145 cm³/mol. The van der Waals surface area contributed by atoms with Crippen LogP contribution in [0, 0.1) is 0 Å². The third-order valence-electron chi connectivity index (χ3n) is 6.82. The van der Waals surface area contributed by atoms with Crippen LogP contribution in [0.2, 0.25) is 0 Å². The van der Waals surface area contributed by atoms with Crippen molar-refractivity contribution in [3.8, 4) is 28.4 Å². The molecule has 2 heterocycles. The van der Waals surface area contributed by atoms with Gasteiger partial charge in [0.2, 0.25) is 11.7 Å². The molecule has 1 aliphatic rings. The number of aliphatic hydroxyl groups excluding tert-OH is 3. The summed E-state index contributed by atoms with van der Waals surface area (Å²) in [5.74, 6) is -0.447. The molecular weight excluding hydrogens is 540 g/mol. The zero-order chi connectivity index (χ0) is 30.1. The lowest BCUT2D eigenvalue weighted by molar-refractivity contribution is -0.278. The van der Waals surface area contributed by atoms with Crippen LogP contribution >= 0.6 is 0 Å². The highest BCUT2D eigenvalue weighted by atomic mass is 16.7. The Balaban J connectivity index is 1.82. The molecule has 1 aromatic heterocycles. The quantitative estimate of drug-likeness (QED) is 0.233. The molecule has 0 unspecified atom stereocenters. The molecule has 5 atom stereocenters. The number of phenols is 1. The van der Waals surface area contributed by atoms with Crippen LogP contribution in [-0.4, -0.2) is 81.5 Å². The Morgan fingerprint density at radius 1 is 1.05 bits per heavy atom. The number of phenolic OH excluding ortho intramolecular Hbond substituents is 1. The van der Waals surface area contributed by atoms with Gasteiger partial charge in [0.1, 0.15) is 65.5 Å². The van der Waals surface area contributed by atoms with E-state index in [0.717, 1.165) is 0 Å². The van der Waals surface area contributed by atoms with E-state index in [1.807, 2.05) is 0 Å². The number of ether oxygens (including phenoxy) is 4. The lowest BCUT2D eigenvalue weighted by Gasteiger charge is -2.40. The van der Waals surface area contributed by atoms with Gasteiger partial charge in [-0.3, -0.25) is 9.59 Å². The van der Waals surface area contributed by atoms with Crippen LogP contribution in [0.25, 0.3) is 22.1 Å². The van der Waals surface area contributed by atoms with Crippen LogP contribution in [0.4, 0.5) is 0 Å². The molecule has 0 bridgehead atoms. The second-order valence-corrected chi connectivity index (χ2v) is 10.5. The number of hydrogen-bond donors (Lipinski definition) is 5. The van der Waals surface area contributed by atoms with Crippen molar-refractivity contribution in [3.63, 3.8) is 0 Å². The molecule has 41 heavy (non-hydrogen) atoms. The summed E-state index contributed by atoms with van der Waals surface area (Å²) < 4.78 is 28.1. The van der Waals surface area contributed by atoms with E-state index in [1.165, 1.54) is 38.5 Å². The van der Waals surface area contributed by atoms with E-state index in [-0.39, 0.29) is 46.6 Å². The molecule has 3 aromatic rings. The Bertz CT molecular complexity index is 1440. The molecule has 222 valence electrons. The summed E-state index contributed by atoms with van der Waals surface area (Å²) in [5.41, 5.74) is -0.340. The number of aryl methyl sites for hydroxylation is 1. The van der Waals surface area contributed by atoms with E-state index in [0.29, 0.717) is 11.1 Å². The molecule has 0 spiro atoms. The van der Waals surface area contributed by atoms with Crippen LogP contribution < -0.4 is 14.9 Å². The molecule has 1 fully saturated rings. The van der Waals surface area contributed by atoms with Crippen molar-refractivity contribution < 1.29 is 53.7 Å². The van der Waals surface area contributed by atoms with E-state index in [9.17, 15) is 35.1 Å². The number of fused-ring (bicyclic) bond motifs is 1. The largest absolute Gasteiger partial charge is 0.508 e. The van der Waals surface area contributed by atoms with Gasteiger partial charge >= 0.3 is 5.97 Å². The van der Waals surface area contributed by atoms with Gasteiger partial charge in [-0.1, -0.05) is 12.1 Å². The lowest BCUT2D eigenvalue weighted by Crippen LogP contribution is -2.60. The van der Waals surface area contributed by atoms with Gasteiger partial charge in [0.05, 0.1) is 18.3 Å². The van der Waals surface area contributed by atoms with E-state index in [4.69, 9.17) is 23.4 Å². The summed E-state index contributed by atoms with van der Waals surface area (Å²) in [4.78, 5) is 25.0. The Hall–Kier alpha value is -3.68. The number of carbonyl (C=O) groups is 1. The number of hydrogen-bond acceptors (Lipinski definition) is 12. The third kappa shape index (κ3) is 6.63. The van der Waals surface area contributed by atoms with Gasteiger partial charge in [0.15, 0.2) is 0 Å². The molecule has 1 saturated heterocycles. The summed E-state index contributed by atoms with van der Waals surface area (Å²) in [6, 6.07) is 7.43. The summed E-state index contributed by atoms with van der Waals surface area (Å²) >= 11 is 0. The molecule has 2 aromatic carbocycles. The zero-order valence-electron chi connectivity index (χ0n) is 23.1. The van der Waals surface area contributed by atoms with Crippen molar-refractivity contribution in [1.82, 2.24) is 0 Å². The zero-order valence-corrected chi connectivity index (χ0v) is 23.1. The summed E-state index contributed by atoms with van der Waals surface area (Å²) in [6.07, 6.45) is -6.05. The number of aliphatic hydroxyl groups is 4. The first-order valence-corrected chi connectivity index (χ1v) is 13.0. The second kappa shape index (κ2) is 12.0. The Labute approximate surface area is 235 Å². The number of benzene rings is 2. The molecule has 12 heteroatoms. The van der Waals surface area contributed by atoms with Crippen molar-refractivity contribution in [2.45, 2.75) is 69.9 Å². The molecule has 4 rings (SSSR count). The van der Waals surface area contributed by atoms with Crippen LogP contribution in [0.3, 0.4) is 0 Å². The summed E-state index contributed by atoms with van der Waals surface area (Å²) in [7, 11) is 1.35. The van der Waals surface area contributed by atoms with E-state index < -0.39 is 54.3 Å². The van der Waals surface area contributed by atoms with Crippen molar-refractivity contribution in [1.29, 1.82) is 0 Å². The standard InChI is InChI=1S/C29H34O12/c1-14(30)38-13-21-24(33)25(34)26(35)28(41-21)40-19-11-20(37-4)22-23(32)18(15-5-7-16(31)8-6-15)12-39-27(22)17(19)9-10-29(2,3)36/h5-8,11-12,21,24-26,28,31,33-36H,9-10,13H2,1-4H3/t21-,24-,25+,26-,28-/m1/s1. The minimum absolute atomic E-state index is 0.0343. The van der Waals surface area contributed by atoms with E-state index >= 15 is 0 Å². The lowest BCUT2D eigenvalue weighted by atomic mass is 9.95. The number of rotatable bonds is 9. The monoisotopic (exact) mass is 574 g/mol. The maximum Gasteiger partial charge on any atom is 0.302 e. The summed E-state index contributed by atoms with van der Waals surface area (Å²) in [5, 5.41) is 51.6. The maximum atomic E-state index is 13.7. The Morgan fingerprint density at radius 2 is 1.73 bits per heavy atom. The SMILES string of the molecule is COc1cc(O[C@@H]2O[C@H](COC(C)=O)[C@@H](O)[C@H](O)[C@H]2O)c(CCC(C)(C)O)c2occ(-c3ccc(O)cc3)c(=O)c12. The smallest absolute Gasteiger partial charge is 0.302 e. The van der Waals surface area contributed by atoms with Crippen LogP contribution in [0.1, 0.15) is 32.8 Å². The van der Waals surface area contributed by atoms with Crippen molar-refractivity contribution in [3.05, 3.63) is 52.4 Å². The third-order valence-corrected chi connectivity index (χ3v) is 6.82. The maximum absolute atomic E-state index is 13.7. The minimum atomic E-state index is -1.70. The van der Waals surface area contributed by atoms with Crippen molar-refractivity contribution in [2.24, 2.45) is 0 Å². The van der Waals surface area contributed by atoms with E-state index in [1.54, 1.807) is 26.0 Å². The van der Waals surface area contributed by atoms with Crippen molar-refractivity contribution in [2.75, 3.05) is 13.7 Å². The fraction of sp³-hybridized carbons (Fsp3) is 0.448. The highest BCUT2D eigenvalue weighted by molar-refractivity contribution is 5.91. The molecule has 0 radical (unpaired) electrons. The minimum Gasteiger partial charge on any atom is -0.508 e. The van der Waals surface area contributed by atoms with Gasteiger partial charge in [-0.05, 0) is 44.4 Å². The highest BCUT2D eigenvalue weighted by Gasteiger charge is 2.45. The molecule has 12 nitrogen and oxygen atoms in total. The second-order valence-electron chi connectivity index (χ2n) is 10.5. The Morgan fingerprint density at radius 3 is 2.34 bits per heavy atom. The first-order chi connectivity index (χ1) is 19.3. The van der Waals surface area contributed by atoms with Gasteiger partial charge in [-0.2, -0.15) is 0 Å². The van der Waals surface area contributed by atoms with Gasteiger partial charge in [0, 0.05) is 18.6 Å². The normalized spacial score (nSPS) is 22.9. The molecule has 0 amide bonds. The number of esters is 1. The van der Waals surface area contributed by atoms with Crippen molar-refractivity contribution >= 4 is 16.9 Å². The van der Waals surface area contributed by atoms with Crippen LogP contribution in [0.15, 0.2) is 45.8 Å². The van der Waals surface area contributed by atoms with Gasteiger partial charge in [-0.25, -0.2) is 0 Å². The first-order valence-electron chi connectivity index (χ1n) is 13.0. The average molecular weight is 575 g/mol. The topological polar surface area (TPSA) is 185 Å². The molecule has 1 aliphatic heterocycles. The molecule has 0 saturated carbocycles. The first kappa shape index (κ1) is 30.3. The fourth-order valence-corrected chi connectivity index (χ4v) is 4.55. The van der Waals surface area contributed by atoms with Gasteiger partial charge in [-0.15, -0.1) is 0 Å². The Kier molecular flexibility index (Phi) is 8.90. The molecular formula is C29H34O12. The number of carbonyl (C=O) groups excluding carboxylic acids is 1. The van der Waals surface area contributed by atoms with Crippen LogP contribution in [-0.2, 0) is 20.7 Å². The number of aromatic hydroxyl groups is 1. The van der Waals surface area contributed by atoms with Gasteiger partial charge in [0.25, 0.3) is 0 Å². The fourth-order valence-electron chi connectivity index (χ4n) is 4.55. The molecule has 5 N–H and O–H groups in total. The number of methoxy groups -OCH3 is 1. The van der Waals surface area contributed by atoms with E-state index in [2.05, 4.69) is 0 Å². The predicted octanol–water partition coefficient (Wildman–Crippen LogP) is 1.63. The van der Waals surface area contributed by atoms with Gasteiger partial charge < -0.3 is 48.9 Å². The molecule has 0 aliphatic carbocycles. The highest BCUT2D eigenvalue weighted by Crippen LogP contribution is 2.39. The summed E-state index contributed by atoms with van der Waals surface area (Å²) in [6.45, 7) is 4.00. The van der Waals surface area contributed by atoms with Crippen LogP contribution in [0.5, 0.6) is 17.2 Å². The average Bonchev–Trinajstić information content (AvgIpc) is 2.91.